The van der Waals surface area contributed by atoms with Crippen molar-refractivity contribution < 1.29 is 9.59 Å². The molecule has 1 aliphatic rings. The minimum atomic E-state index is -0.297. The molecule has 1 saturated heterocycles. The summed E-state index contributed by atoms with van der Waals surface area (Å²) in [5, 5.41) is 3.28. The van der Waals surface area contributed by atoms with Gasteiger partial charge in [-0.2, -0.15) is 0 Å². The zero-order chi connectivity index (χ0) is 15.4. The Balaban J connectivity index is 1.96. The SMILES string of the molecule is CCCCN1CC(C(=O)Nc2ccc(Br)cc2Cl)CC1=O. The summed E-state index contributed by atoms with van der Waals surface area (Å²) in [6, 6.07) is 5.29. The third kappa shape index (κ3) is 4.20. The molecule has 2 amide bonds. The molecule has 6 heteroatoms. The van der Waals surface area contributed by atoms with Gasteiger partial charge in [0, 0.05) is 24.0 Å². The maximum atomic E-state index is 12.3. The highest BCUT2D eigenvalue weighted by Gasteiger charge is 2.33. The van der Waals surface area contributed by atoms with Crippen LogP contribution in [-0.2, 0) is 9.59 Å². The Labute approximate surface area is 138 Å². The van der Waals surface area contributed by atoms with Gasteiger partial charge < -0.3 is 10.2 Å². The number of carbonyl (C=O) groups is 2. The number of rotatable bonds is 5. The molecular formula is C15H18BrClN2O2. The van der Waals surface area contributed by atoms with E-state index in [1.165, 1.54) is 0 Å². The lowest BCUT2D eigenvalue weighted by molar-refractivity contribution is -0.128. The molecule has 0 aromatic heterocycles. The first kappa shape index (κ1) is 16.3. The molecule has 0 saturated carbocycles. The van der Waals surface area contributed by atoms with Crippen molar-refractivity contribution in [3.8, 4) is 0 Å². The van der Waals surface area contributed by atoms with Gasteiger partial charge in [0.2, 0.25) is 11.8 Å². The van der Waals surface area contributed by atoms with Crippen LogP contribution in [0.2, 0.25) is 5.02 Å². The molecule has 1 aromatic rings. The Morgan fingerprint density at radius 2 is 2.29 bits per heavy atom. The molecule has 0 radical (unpaired) electrons. The van der Waals surface area contributed by atoms with Crippen molar-refractivity contribution in [3.05, 3.63) is 27.7 Å². The van der Waals surface area contributed by atoms with E-state index in [-0.39, 0.29) is 24.2 Å². The first-order chi connectivity index (χ1) is 10.0. The highest BCUT2D eigenvalue weighted by atomic mass is 79.9. The second kappa shape index (κ2) is 7.27. The molecule has 4 nitrogen and oxygen atoms in total. The molecular weight excluding hydrogens is 356 g/mol. The second-order valence-corrected chi connectivity index (χ2v) is 6.53. The van der Waals surface area contributed by atoms with Crippen molar-refractivity contribution in [2.24, 2.45) is 5.92 Å². The standard InChI is InChI=1S/C15H18BrClN2O2/c1-2-3-6-19-9-10(7-14(19)20)15(21)18-13-5-4-11(16)8-12(13)17/h4-5,8,10H,2-3,6-7,9H2,1H3,(H,18,21). The van der Waals surface area contributed by atoms with E-state index < -0.39 is 0 Å². The highest BCUT2D eigenvalue weighted by Crippen LogP contribution is 2.27. The van der Waals surface area contributed by atoms with Crippen molar-refractivity contribution in [2.75, 3.05) is 18.4 Å². The van der Waals surface area contributed by atoms with Crippen LogP contribution in [0.4, 0.5) is 5.69 Å². The summed E-state index contributed by atoms with van der Waals surface area (Å²) < 4.78 is 0.854. The van der Waals surface area contributed by atoms with E-state index in [9.17, 15) is 9.59 Å². The molecule has 1 N–H and O–H groups in total. The van der Waals surface area contributed by atoms with E-state index in [0.717, 1.165) is 23.9 Å². The summed E-state index contributed by atoms with van der Waals surface area (Å²) in [5.74, 6) is -0.383. The zero-order valence-corrected chi connectivity index (χ0v) is 14.2. The fourth-order valence-corrected chi connectivity index (χ4v) is 3.06. The average molecular weight is 374 g/mol. The van der Waals surface area contributed by atoms with Crippen LogP contribution in [0.15, 0.2) is 22.7 Å². The lowest BCUT2D eigenvalue weighted by Crippen LogP contribution is -2.29. The second-order valence-electron chi connectivity index (χ2n) is 5.21. The number of hydrogen-bond donors (Lipinski definition) is 1. The van der Waals surface area contributed by atoms with E-state index in [1.54, 1.807) is 17.0 Å². The highest BCUT2D eigenvalue weighted by molar-refractivity contribution is 9.10. The first-order valence-electron chi connectivity index (χ1n) is 7.05. The van der Waals surface area contributed by atoms with Crippen molar-refractivity contribution in [2.45, 2.75) is 26.2 Å². The summed E-state index contributed by atoms with van der Waals surface area (Å²) in [5.41, 5.74) is 0.573. The first-order valence-corrected chi connectivity index (χ1v) is 8.22. The van der Waals surface area contributed by atoms with Gasteiger partial charge in [-0.15, -0.1) is 0 Å². The number of nitrogens with zero attached hydrogens (tertiary/aromatic N) is 1. The van der Waals surface area contributed by atoms with Gasteiger partial charge in [0.15, 0.2) is 0 Å². The van der Waals surface area contributed by atoms with E-state index in [4.69, 9.17) is 11.6 Å². The molecule has 114 valence electrons. The molecule has 2 rings (SSSR count). The third-order valence-electron chi connectivity index (χ3n) is 3.56. The van der Waals surface area contributed by atoms with E-state index in [1.807, 2.05) is 6.07 Å². The smallest absolute Gasteiger partial charge is 0.229 e. The number of carbonyl (C=O) groups excluding carboxylic acids is 2. The van der Waals surface area contributed by atoms with Crippen LogP contribution in [-0.4, -0.2) is 29.8 Å². The number of anilines is 1. The molecule has 21 heavy (non-hydrogen) atoms. The number of unbranched alkanes of at least 4 members (excludes halogenated alkanes) is 1. The lowest BCUT2D eigenvalue weighted by atomic mass is 10.1. The van der Waals surface area contributed by atoms with Crippen LogP contribution in [0.5, 0.6) is 0 Å². The van der Waals surface area contributed by atoms with E-state index in [0.29, 0.717) is 17.3 Å². The van der Waals surface area contributed by atoms with Crippen LogP contribution in [0.1, 0.15) is 26.2 Å². The van der Waals surface area contributed by atoms with Crippen molar-refractivity contribution in [3.63, 3.8) is 0 Å². The Hall–Kier alpha value is -1.07. The minimum absolute atomic E-state index is 0.0607. The molecule has 0 spiro atoms. The van der Waals surface area contributed by atoms with Gasteiger partial charge in [0.05, 0.1) is 16.6 Å². The maximum absolute atomic E-state index is 12.3. The number of nitrogens with one attached hydrogen (secondary N) is 1. The Morgan fingerprint density at radius 1 is 1.52 bits per heavy atom. The quantitative estimate of drug-likeness (QED) is 0.856. The fourth-order valence-electron chi connectivity index (χ4n) is 2.34. The van der Waals surface area contributed by atoms with Gasteiger partial charge in [-0.3, -0.25) is 9.59 Å². The molecule has 1 aromatic carbocycles. The van der Waals surface area contributed by atoms with Crippen LogP contribution in [0.3, 0.4) is 0 Å². The molecule has 1 heterocycles. The monoisotopic (exact) mass is 372 g/mol. The molecule has 0 bridgehead atoms. The van der Waals surface area contributed by atoms with E-state index in [2.05, 4.69) is 28.2 Å². The summed E-state index contributed by atoms with van der Waals surface area (Å²) in [6.07, 6.45) is 2.29. The molecule has 1 aliphatic heterocycles. The zero-order valence-electron chi connectivity index (χ0n) is 11.9. The van der Waals surface area contributed by atoms with Crippen LogP contribution in [0.25, 0.3) is 0 Å². The number of likely N-dealkylation sites (tertiary alicyclic amines) is 1. The topological polar surface area (TPSA) is 49.4 Å². The van der Waals surface area contributed by atoms with E-state index >= 15 is 0 Å². The van der Waals surface area contributed by atoms with Crippen molar-refractivity contribution >= 4 is 45.0 Å². The molecule has 1 atom stereocenters. The Morgan fingerprint density at radius 3 is 2.95 bits per heavy atom. The minimum Gasteiger partial charge on any atom is -0.342 e. The lowest BCUT2D eigenvalue weighted by Gasteiger charge is -2.16. The van der Waals surface area contributed by atoms with Crippen molar-refractivity contribution in [1.29, 1.82) is 0 Å². The normalized spacial score (nSPS) is 18.1. The Bertz CT molecular complexity index is 550. The fraction of sp³-hybridized carbons (Fsp3) is 0.467. The third-order valence-corrected chi connectivity index (χ3v) is 4.36. The predicted molar refractivity (Wildman–Crippen MR) is 87.4 cm³/mol. The summed E-state index contributed by atoms with van der Waals surface area (Å²) in [6.45, 7) is 3.32. The number of benzene rings is 1. The van der Waals surface area contributed by atoms with Gasteiger partial charge in [0.1, 0.15) is 0 Å². The number of halogens is 2. The summed E-state index contributed by atoms with van der Waals surface area (Å²) in [4.78, 5) is 25.9. The summed E-state index contributed by atoms with van der Waals surface area (Å²) >= 11 is 9.40. The molecule has 0 aliphatic carbocycles. The van der Waals surface area contributed by atoms with Gasteiger partial charge in [-0.25, -0.2) is 0 Å². The molecule has 1 unspecified atom stereocenters. The number of hydrogen-bond acceptors (Lipinski definition) is 2. The Kier molecular flexibility index (Phi) is 5.65. The van der Waals surface area contributed by atoms with Gasteiger partial charge in [-0.05, 0) is 24.6 Å². The van der Waals surface area contributed by atoms with Gasteiger partial charge >= 0.3 is 0 Å². The predicted octanol–water partition coefficient (Wildman–Crippen LogP) is 3.69. The number of amides is 2. The largest absolute Gasteiger partial charge is 0.342 e. The summed E-state index contributed by atoms with van der Waals surface area (Å²) in [7, 11) is 0. The van der Waals surface area contributed by atoms with Crippen LogP contribution in [0, 0.1) is 5.92 Å². The van der Waals surface area contributed by atoms with Gasteiger partial charge in [0.25, 0.3) is 0 Å². The maximum Gasteiger partial charge on any atom is 0.229 e. The molecule has 1 fully saturated rings. The van der Waals surface area contributed by atoms with Crippen molar-refractivity contribution in [1.82, 2.24) is 4.90 Å². The van der Waals surface area contributed by atoms with Crippen LogP contribution < -0.4 is 5.32 Å². The van der Waals surface area contributed by atoms with Gasteiger partial charge in [-0.1, -0.05) is 40.9 Å². The van der Waals surface area contributed by atoms with Crippen LogP contribution >= 0.6 is 27.5 Å². The average Bonchev–Trinajstić information content (AvgIpc) is 2.81.